The Kier molecular flexibility index (Phi) is 6.50. The fourth-order valence-corrected chi connectivity index (χ4v) is 3.66. The number of piperazine rings is 1. The van der Waals surface area contributed by atoms with Crippen molar-refractivity contribution in [2.24, 2.45) is 0 Å². The van der Waals surface area contributed by atoms with Crippen LogP contribution in [0.4, 0.5) is 10.1 Å². The summed E-state index contributed by atoms with van der Waals surface area (Å²) in [6.45, 7) is 6.96. The molecule has 1 aliphatic rings. The third-order valence-corrected chi connectivity index (χ3v) is 5.42. The Morgan fingerprint density at radius 3 is 2.53 bits per heavy atom. The molecular weight excluding hydrogens is 389 g/mol. The molecule has 1 fully saturated rings. The molecule has 1 saturated heterocycles. The van der Waals surface area contributed by atoms with E-state index in [-0.39, 0.29) is 30.3 Å². The molecule has 0 aliphatic carbocycles. The average Bonchev–Trinajstić information content (AvgIpc) is 2.71. The molecule has 1 heterocycles. The van der Waals surface area contributed by atoms with Crippen molar-refractivity contribution in [1.29, 1.82) is 0 Å². The van der Waals surface area contributed by atoms with E-state index < -0.39 is 4.92 Å². The smallest absolute Gasteiger partial charge is 0.272 e. The van der Waals surface area contributed by atoms with E-state index in [4.69, 9.17) is 4.74 Å². The number of carbonyl (C=O) groups excluding carboxylic acids is 1. The maximum absolute atomic E-state index is 13.2. The summed E-state index contributed by atoms with van der Waals surface area (Å²) >= 11 is 0. The van der Waals surface area contributed by atoms with Gasteiger partial charge in [0.15, 0.2) is 0 Å². The van der Waals surface area contributed by atoms with Gasteiger partial charge in [0.25, 0.3) is 5.69 Å². The fraction of sp³-hybridized carbons (Fsp3) is 0.364. The van der Waals surface area contributed by atoms with Gasteiger partial charge in [0.2, 0.25) is 0 Å². The predicted octanol–water partition coefficient (Wildman–Crippen LogP) is 3.69. The summed E-state index contributed by atoms with van der Waals surface area (Å²) in [5.74, 6) is 2.30. The minimum atomic E-state index is -0.426. The molecule has 3 rings (SSSR count). The van der Waals surface area contributed by atoms with Crippen molar-refractivity contribution in [3.05, 3.63) is 75.2 Å². The lowest BCUT2D eigenvalue weighted by Crippen LogP contribution is -2.55. The first-order chi connectivity index (χ1) is 14.3. The minimum absolute atomic E-state index is 0.0184. The van der Waals surface area contributed by atoms with Crippen molar-refractivity contribution in [2.75, 3.05) is 13.3 Å². The molecule has 0 aromatic heterocycles. The number of hydrogen-bond acceptors (Lipinski definition) is 6. The lowest BCUT2D eigenvalue weighted by molar-refractivity contribution is -0.385. The Hall–Kier alpha value is -3.22. The standard InChI is InChI=1S/C22H24FN3O4/c1-15-10-20(8-9-21(15)26(28)29)30-14-24-11-16(2)25(22(13-27)17(24)3)12-18-4-6-19(23)7-5-18/h4-10,16-17H,11-12,14H2,1-3H3/t16-,17+/m0/s1. The first kappa shape index (κ1) is 21.5. The molecule has 8 heteroatoms. The van der Waals surface area contributed by atoms with Crippen LogP contribution in [0, 0.1) is 22.9 Å². The van der Waals surface area contributed by atoms with E-state index in [1.165, 1.54) is 18.2 Å². The van der Waals surface area contributed by atoms with Crippen molar-refractivity contribution in [1.82, 2.24) is 9.80 Å². The van der Waals surface area contributed by atoms with Gasteiger partial charge < -0.3 is 9.64 Å². The third-order valence-electron chi connectivity index (χ3n) is 5.42. The van der Waals surface area contributed by atoms with Crippen LogP contribution in [-0.4, -0.2) is 46.0 Å². The third kappa shape index (κ3) is 4.67. The highest BCUT2D eigenvalue weighted by Crippen LogP contribution is 2.27. The van der Waals surface area contributed by atoms with Crippen LogP contribution in [-0.2, 0) is 11.3 Å². The molecule has 2 aromatic rings. The Balaban J connectivity index is 1.68. The van der Waals surface area contributed by atoms with Gasteiger partial charge in [0.1, 0.15) is 29.9 Å². The minimum Gasteiger partial charge on any atom is -0.478 e. The molecule has 2 aromatic carbocycles. The van der Waals surface area contributed by atoms with E-state index in [1.54, 1.807) is 31.2 Å². The Labute approximate surface area is 174 Å². The second-order valence-corrected chi connectivity index (χ2v) is 7.52. The van der Waals surface area contributed by atoms with Crippen LogP contribution in [0.1, 0.15) is 25.0 Å². The average molecular weight is 413 g/mol. The molecule has 0 radical (unpaired) electrons. The Bertz CT molecular complexity index is 973. The normalized spacial score (nSPS) is 19.5. The molecule has 0 N–H and O–H groups in total. The highest BCUT2D eigenvalue weighted by molar-refractivity contribution is 5.54. The molecule has 0 bridgehead atoms. The van der Waals surface area contributed by atoms with Crippen LogP contribution in [0.15, 0.2) is 48.2 Å². The van der Waals surface area contributed by atoms with Crippen LogP contribution in [0.2, 0.25) is 0 Å². The van der Waals surface area contributed by atoms with Crippen LogP contribution in [0.3, 0.4) is 0 Å². The second-order valence-electron chi connectivity index (χ2n) is 7.52. The number of nitrogens with zero attached hydrogens (tertiary/aromatic N) is 3. The van der Waals surface area contributed by atoms with E-state index in [9.17, 15) is 19.3 Å². The molecule has 0 unspecified atom stereocenters. The monoisotopic (exact) mass is 413 g/mol. The molecule has 1 aliphatic heterocycles. The van der Waals surface area contributed by atoms with E-state index in [0.29, 0.717) is 30.1 Å². The first-order valence-corrected chi connectivity index (χ1v) is 9.68. The second kappa shape index (κ2) is 9.07. The van der Waals surface area contributed by atoms with Gasteiger partial charge in [0.05, 0.1) is 11.0 Å². The summed E-state index contributed by atoms with van der Waals surface area (Å²) < 4.78 is 19.0. The highest BCUT2D eigenvalue weighted by Gasteiger charge is 2.34. The van der Waals surface area contributed by atoms with Gasteiger partial charge >= 0.3 is 0 Å². The Morgan fingerprint density at radius 1 is 1.23 bits per heavy atom. The molecule has 0 spiro atoms. The van der Waals surface area contributed by atoms with Gasteiger partial charge in [-0.25, -0.2) is 9.18 Å². The number of hydrogen-bond donors (Lipinski definition) is 0. The van der Waals surface area contributed by atoms with E-state index >= 15 is 0 Å². The van der Waals surface area contributed by atoms with Gasteiger partial charge in [0, 0.05) is 30.8 Å². The van der Waals surface area contributed by atoms with Crippen LogP contribution in [0.5, 0.6) is 5.75 Å². The van der Waals surface area contributed by atoms with Crippen molar-refractivity contribution in [2.45, 2.75) is 39.4 Å². The summed E-state index contributed by atoms with van der Waals surface area (Å²) in [4.78, 5) is 26.3. The highest BCUT2D eigenvalue weighted by atomic mass is 19.1. The van der Waals surface area contributed by atoms with Crippen molar-refractivity contribution in [3.63, 3.8) is 0 Å². The number of ether oxygens (including phenoxy) is 1. The number of nitro benzene ring substituents is 1. The number of rotatable bonds is 6. The zero-order valence-electron chi connectivity index (χ0n) is 17.2. The van der Waals surface area contributed by atoms with Crippen LogP contribution >= 0.6 is 0 Å². The van der Waals surface area contributed by atoms with Gasteiger partial charge in [-0.15, -0.1) is 0 Å². The molecule has 0 saturated carbocycles. The SMILES string of the molecule is Cc1cc(OCN2C[C@H](C)N(Cc3ccc(F)cc3)C(=C=O)[C@H]2C)ccc1[N+](=O)[O-]. The first-order valence-electron chi connectivity index (χ1n) is 9.68. The quantitative estimate of drug-likeness (QED) is 0.408. The lowest BCUT2D eigenvalue weighted by Gasteiger charge is -2.45. The van der Waals surface area contributed by atoms with Crippen molar-refractivity contribution in [3.8, 4) is 5.75 Å². The summed E-state index contributed by atoms with van der Waals surface area (Å²) in [7, 11) is 0. The van der Waals surface area contributed by atoms with E-state index in [2.05, 4.69) is 5.94 Å². The molecule has 30 heavy (non-hydrogen) atoms. The number of halogens is 1. The number of nitro groups is 1. The molecule has 2 atom stereocenters. The summed E-state index contributed by atoms with van der Waals surface area (Å²) in [6, 6.07) is 10.7. The lowest BCUT2D eigenvalue weighted by atomic mass is 10.0. The number of benzene rings is 2. The van der Waals surface area contributed by atoms with Gasteiger partial charge in [-0.3, -0.25) is 15.0 Å². The molecule has 0 amide bonds. The Morgan fingerprint density at radius 2 is 1.93 bits per heavy atom. The molecule has 158 valence electrons. The predicted molar refractivity (Wildman–Crippen MR) is 110 cm³/mol. The van der Waals surface area contributed by atoms with Gasteiger partial charge in [-0.2, -0.15) is 0 Å². The largest absolute Gasteiger partial charge is 0.478 e. The van der Waals surface area contributed by atoms with Crippen LogP contribution < -0.4 is 4.74 Å². The van der Waals surface area contributed by atoms with Crippen molar-refractivity contribution < 1.29 is 18.8 Å². The summed E-state index contributed by atoms with van der Waals surface area (Å²) in [5.41, 5.74) is 2.00. The zero-order chi connectivity index (χ0) is 21.8. The van der Waals surface area contributed by atoms with Crippen molar-refractivity contribution >= 4 is 11.6 Å². The van der Waals surface area contributed by atoms with Gasteiger partial charge in [-0.05, 0) is 50.6 Å². The summed E-state index contributed by atoms with van der Waals surface area (Å²) in [5, 5.41) is 11.0. The van der Waals surface area contributed by atoms with Crippen LogP contribution in [0.25, 0.3) is 0 Å². The fourth-order valence-electron chi connectivity index (χ4n) is 3.66. The maximum atomic E-state index is 13.2. The van der Waals surface area contributed by atoms with E-state index in [0.717, 1.165) is 5.56 Å². The van der Waals surface area contributed by atoms with E-state index in [1.807, 2.05) is 23.6 Å². The summed E-state index contributed by atoms with van der Waals surface area (Å²) in [6.07, 6.45) is 0. The molecular formula is C22H24FN3O4. The zero-order valence-corrected chi connectivity index (χ0v) is 17.2. The topological polar surface area (TPSA) is 75.9 Å². The number of aryl methyl sites for hydroxylation is 1. The molecule has 7 nitrogen and oxygen atoms in total. The maximum Gasteiger partial charge on any atom is 0.272 e. The van der Waals surface area contributed by atoms with Gasteiger partial charge in [-0.1, -0.05) is 12.1 Å².